The largest absolute Gasteiger partial charge is 0.395 e. The van der Waals surface area contributed by atoms with Gasteiger partial charge in [0.15, 0.2) is 0 Å². The number of hydrogen-bond acceptors (Lipinski definition) is 6. The number of aliphatic hydroxyl groups excluding tert-OH is 1. The van der Waals surface area contributed by atoms with Crippen molar-refractivity contribution in [1.29, 1.82) is 0 Å². The molecular weight excluding hydrogens is 319 g/mol. The Kier molecular flexibility index (Phi) is 4.94. The van der Waals surface area contributed by atoms with Crippen molar-refractivity contribution in [3.63, 3.8) is 0 Å². The summed E-state index contributed by atoms with van der Waals surface area (Å²) in [6, 6.07) is 6.05. The van der Waals surface area contributed by atoms with Gasteiger partial charge in [0.25, 0.3) is 5.91 Å². The minimum atomic E-state index is -0.361. The van der Waals surface area contributed by atoms with E-state index in [-0.39, 0.29) is 23.3 Å². The number of amides is 1. The fourth-order valence-electron chi connectivity index (χ4n) is 2.26. The van der Waals surface area contributed by atoms with Gasteiger partial charge in [0.2, 0.25) is 5.01 Å². The maximum absolute atomic E-state index is 12.8. The highest BCUT2D eigenvalue weighted by Crippen LogP contribution is 2.28. The van der Waals surface area contributed by atoms with Crippen molar-refractivity contribution in [2.45, 2.75) is 25.4 Å². The lowest BCUT2D eigenvalue weighted by Crippen LogP contribution is -2.28. The van der Waals surface area contributed by atoms with Gasteiger partial charge in [-0.25, -0.2) is 4.39 Å². The molecule has 0 atom stereocenters. The zero-order valence-corrected chi connectivity index (χ0v) is 13.2. The average molecular weight is 336 g/mol. The van der Waals surface area contributed by atoms with Gasteiger partial charge < -0.3 is 10.4 Å². The van der Waals surface area contributed by atoms with Crippen molar-refractivity contribution in [3.8, 4) is 0 Å². The van der Waals surface area contributed by atoms with E-state index >= 15 is 0 Å². The normalized spacial score (nSPS) is 14.2. The van der Waals surface area contributed by atoms with Gasteiger partial charge in [-0.3, -0.25) is 9.69 Å². The first-order valence-corrected chi connectivity index (χ1v) is 8.21. The minimum absolute atomic E-state index is 0.104. The number of nitrogens with one attached hydrogen (secondary N) is 1. The third-order valence-corrected chi connectivity index (χ3v) is 4.46. The molecule has 3 rings (SSSR count). The zero-order valence-electron chi connectivity index (χ0n) is 12.4. The molecule has 1 heterocycles. The van der Waals surface area contributed by atoms with Gasteiger partial charge in [0, 0.05) is 18.3 Å². The van der Waals surface area contributed by atoms with Crippen LogP contribution >= 0.6 is 11.3 Å². The molecular formula is C15H17FN4O2S. The summed E-state index contributed by atoms with van der Waals surface area (Å²) in [7, 11) is 0. The van der Waals surface area contributed by atoms with Crippen molar-refractivity contribution < 1.29 is 14.3 Å². The van der Waals surface area contributed by atoms with Gasteiger partial charge in [-0.1, -0.05) is 11.3 Å². The molecule has 2 aromatic rings. The lowest BCUT2D eigenvalue weighted by Gasteiger charge is -2.18. The van der Waals surface area contributed by atoms with Crippen LogP contribution in [0.1, 0.15) is 27.7 Å². The maximum atomic E-state index is 12.8. The number of nitrogens with zero attached hydrogens (tertiary/aromatic N) is 3. The second-order valence-corrected chi connectivity index (χ2v) is 6.45. The first-order valence-electron chi connectivity index (χ1n) is 7.40. The molecule has 2 N–H and O–H groups in total. The molecule has 1 saturated carbocycles. The minimum Gasteiger partial charge on any atom is -0.395 e. The molecule has 0 aliphatic heterocycles. The Morgan fingerprint density at radius 1 is 1.35 bits per heavy atom. The average Bonchev–Trinajstić information content (AvgIpc) is 3.28. The first-order chi connectivity index (χ1) is 11.2. The number of aliphatic hydroxyl groups is 1. The van der Waals surface area contributed by atoms with E-state index in [1.165, 1.54) is 35.6 Å². The summed E-state index contributed by atoms with van der Waals surface area (Å²) < 4.78 is 12.8. The van der Waals surface area contributed by atoms with Gasteiger partial charge in [-0.05, 0) is 37.1 Å². The summed E-state index contributed by atoms with van der Waals surface area (Å²) in [5.74, 6) is -0.717. The Labute approximate surface area is 137 Å². The molecule has 1 aromatic heterocycles. The van der Waals surface area contributed by atoms with E-state index in [0.29, 0.717) is 24.8 Å². The summed E-state index contributed by atoms with van der Waals surface area (Å²) in [5, 5.41) is 20.7. The smallest absolute Gasteiger partial charge is 0.286 e. The van der Waals surface area contributed by atoms with Crippen LogP contribution in [0.4, 0.5) is 10.1 Å². The van der Waals surface area contributed by atoms with E-state index in [2.05, 4.69) is 20.4 Å². The maximum Gasteiger partial charge on any atom is 0.286 e. The first kappa shape index (κ1) is 16.0. The molecule has 0 saturated heterocycles. The molecule has 23 heavy (non-hydrogen) atoms. The molecule has 1 aliphatic rings. The third-order valence-electron chi connectivity index (χ3n) is 3.55. The van der Waals surface area contributed by atoms with Crippen molar-refractivity contribution in [2.75, 3.05) is 18.5 Å². The van der Waals surface area contributed by atoms with E-state index in [1.54, 1.807) is 0 Å². The van der Waals surface area contributed by atoms with Crippen LogP contribution in [0.5, 0.6) is 0 Å². The summed E-state index contributed by atoms with van der Waals surface area (Å²) in [5.41, 5.74) is 0.507. The van der Waals surface area contributed by atoms with Gasteiger partial charge in [-0.15, -0.1) is 10.2 Å². The Hall–Kier alpha value is -1.90. The molecule has 1 aromatic carbocycles. The third kappa shape index (κ3) is 4.31. The van der Waals surface area contributed by atoms with E-state index in [9.17, 15) is 9.18 Å². The Balaban J connectivity index is 1.61. The van der Waals surface area contributed by atoms with Crippen molar-refractivity contribution in [1.82, 2.24) is 15.1 Å². The van der Waals surface area contributed by atoms with Crippen molar-refractivity contribution in [2.24, 2.45) is 0 Å². The number of hydrogen-bond donors (Lipinski definition) is 2. The van der Waals surface area contributed by atoms with E-state index in [1.807, 2.05) is 0 Å². The Bertz CT molecular complexity index is 672. The number of rotatable bonds is 7. The molecule has 0 spiro atoms. The van der Waals surface area contributed by atoms with Gasteiger partial charge in [-0.2, -0.15) is 0 Å². The molecule has 0 radical (unpaired) electrons. The highest BCUT2D eigenvalue weighted by Gasteiger charge is 2.29. The van der Waals surface area contributed by atoms with Crippen molar-refractivity contribution >= 4 is 22.9 Å². The quantitative estimate of drug-likeness (QED) is 0.807. The number of anilines is 1. The Morgan fingerprint density at radius 2 is 2.09 bits per heavy atom. The standard InChI is InChI=1S/C15H17FN4O2S/c16-10-1-3-11(4-2-10)17-14(22)15-19-18-13(23-15)9-20(7-8-21)12-5-6-12/h1-4,12,21H,5-9H2,(H,17,22). The summed E-state index contributed by atoms with van der Waals surface area (Å²) >= 11 is 1.23. The number of halogens is 1. The molecule has 1 fully saturated rings. The van der Waals surface area contributed by atoms with Crippen LogP contribution in [-0.4, -0.2) is 45.3 Å². The zero-order chi connectivity index (χ0) is 16.2. The molecule has 0 unspecified atom stereocenters. The number of carbonyl (C=O) groups is 1. The fraction of sp³-hybridized carbons (Fsp3) is 0.400. The second kappa shape index (κ2) is 7.12. The molecule has 6 nitrogen and oxygen atoms in total. The van der Waals surface area contributed by atoms with Crippen LogP contribution in [0.3, 0.4) is 0 Å². The number of aromatic nitrogens is 2. The molecule has 1 aliphatic carbocycles. The highest BCUT2D eigenvalue weighted by atomic mass is 32.1. The van der Waals surface area contributed by atoms with Crippen LogP contribution in [-0.2, 0) is 6.54 Å². The van der Waals surface area contributed by atoms with E-state index in [0.717, 1.165) is 17.8 Å². The Morgan fingerprint density at radius 3 is 2.74 bits per heavy atom. The van der Waals surface area contributed by atoms with Gasteiger partial charge in [0.05, 0.1) is 13.2 Å². The van der Waals surface area contributed by atoms with Crippen LogP contribution in [0.15, 0.2) is 24.3 Å². The SMILES string of the molecule is O=C(Nc1ccc(F)cc1)c1nnc(CN(CCO)C2CC2)s1. The lowest BCUT2D eigenvalue weighted by atomic mass is 10.3. The molecule has 0 bridgehead atoms. The lowest BCUT2D eigenvalue weighted by molar-refractivity contribution is 0.102. The van der Waals surface area contributed by atoms with Crippen LogP contribution < -0.4 is 5.32 Å². The summed E-state index contributed by atoms with van der Waals surface area (Å²) in [6.07, 6.45) is 2.27. The fourth-order valence-corrected chi connectivity index (χ4v) is 3.02. The predicted molar refractivity (Wildman–Crippen MR) is 84.8 cm³/mol. The van der Waals surface area contributed by atoms with E-state index < -0.39 is 0 Å². The summed E-state index contributed by atoms with van der Waals surface area (Å²) in [6.45, 7) is 1.29. The number of carbonyl (C=O) groups excluding carboxylic acids is 1. The van der Waals surface area contributed by atoms with Crippen LogP contribution in [0.25, 0.3) is 0 Å². The molecule has 8 heteroatoms. The second-order valence-electron chi connectivity index (χ2n) is 5.39. The van der Waals surface area contributed by atoms with Crippen LogP contribution in [0, 0.1) is 5.82 Å². The number of benzene rings is 1. The molecule has 1 amide bonds. The molecule has 122 valence electrons. The topological polar surface area (TPSA) is 78.4 Å². The summed E-state index contributed by atoms with van der Waals surface area (Å²) in [4.78, 5) is 14.3. The van der Waals surface area contributed by atoms with Crippen LogP contribution in [0.2, 0.25) is 0 Å². The predicted octanol–water partition coefficient (Wildman–Crippen LogP) is 1.89. The monoisotopic (exact) mass is 336 g/mol. The van der Waals surface area contributed by atoms with Gasteiger partial charge in [0.1, 0.15) is 10.8 Å². The van der Waals surface area contributed by atoms with Gasteiger partial charge >= 0.3 is 0 Å². The van der Waals surface area contributed by atoms with Crippen molar-refractivity contribution in [3.05, 3.63) is 40.1 Å². The highest BCUT2D eigenvalue weighted by molar-refractivity contribution is 7.13. The van der Waals surface area contributed by atoms with E-state index in [4.69, 9.17) is 5.11 Å².